The SMILES string of the molecule is CC(C)N(CC1CCNCC1)c1nccn(C)c1=O. The van der Waals surface area contributed by atoms with Crippen LogP contribution in [0.15, 0.2) is 17.2 Å². The first-order valence-electron chi connectivity index (χ1n) is 7.08. The Labute approximate surface area is 114 Å². The number of anilines is 1. The summed E-state index contributed by atoms with van der Waals surface area (Å²) in [5, 5.41) is 3.38. The molecule has 0 radical (unpaired) electrons. The van der Waals surface area contributed by atoms with E-state index >= 15 is 0 Å². The van der Waals surface area contributed by atoms with E-state index in [-0.39, 0.29) is 11.6 Å². The van der Waals surface area contributed by atoms with E-state index in [9.17, 15) is 4.79 Å². The van der Waals surface area contributed by atoms with Crippen LogP contribution in [0.5, 0.6) is 0 Å². The maximum atomic E-state index is 12.2. The first kappa shape index (κ1) is 14.1. The molecule has 0 atom stereocenters. The van der Waals surface area contributed by atoms with Crippen molar-refractivity contribution >= 4 is 5.82 Å². The van der Waals surface area contributed by atoms with Gasteiger partial charge < -0.3 is 14.8 Å². The van der Waals surface area contributed by atoms with Crippen LogP contribution in [0.3, 0.4) is 0 Å². The highest BCUT2D eigenvalue weighted by atomic mass is 16.1. The van der Waals surface area contributed by atoms with Gasteiger partial charge in [-0.1, -0.05) is 0 Å². The smallest absolute Gasteiger partial charge is 0.293 e. The fourth-order valence-electron chi connectivity index (χ4n) is 2.57. The minimum atomic E-state index is -0.00913. The van der Waals surface area contributed by atoms with Crippen molar-refractivity contribution in [3.8, 4) is 0 Å². The number of rotatable bonds is 4. The van der Waals surface area contributed by atoms with Gasteiger partial charge in [-0.3, -0.25) is 4.79 Å². The summed E-state index contributed by atoms with van der Waals surface area (Å²) in [4.78, 5) is 18.7. The molecule has 0 spiro atoms. The third-order valence-corrected chi connectivity index (χ3v) is 3.81. The van der Waals surface area contributed by atoms with E-state index in [2.05, 4.69) is 29.0 Å². The average Bonchev–Trinajstić information content (AvgIpc) is 2.40. The number of hydrogen-bond acceptors (Lipinski definition) is 4. The number of hydrogen-bond donors (Lipinski definition) is 1. The van der Waals surface area contributed by atoms with Gasteiger partial charge in [0.15, 0.2) is 5.82 Å². The van der Waals surface area contributed by atoms with Gasteiger partial charge in [0.2, 0.25) is 0 Å². The Morgan fingerprint density at radius 1 is 1.47 bits per heavy atom. The van der Waals surface area contributed by atoms with Crippen LogP contribution in [-0.2, 0) is 7.05 Å². The van der Waals surface area contributed by atoms with Crippen molar-refractivity contribution in [1.29, 1.82) is 0 Å². The predicted molar refractivity (Wildman–Crippen MR) is 77.6 cm³/mol. The summed E-state index contributed by atoms with van der Waals surface area (Å²) in [5.74, 6) is 1.23. The molecule has 1 aromatic rings. The number of nitrogens with zero attached hydrogens (tertiary/aromatic N) is 3. The van der Waals surface area contributed by atoms with Gasteiger partial charge in [0, 0.05) is 32.0 Å². The second kappa shape index (κ2) is 6.19. The highest BCUT2D eigenvalue weighted by molar-refractivity contribution is 5.36. The third-order valence-electron chi connectivity index (χ3n) is 3.81. The van der Waals surface area contributed by atoms with Crippen LogP contribution in [0.2, 0.25) is 0 Å². The Morgan fingerprint density at radius 2 is 2.16 bits per heavy atom. The van der Waals surface area contributed by atoms with E-state index in [1.54, 1.807) is 24.0 Å². The van der Waals surface area contributed by atoms with Crippen LogP contribution in [-0.4, -0.2) is 35.2 Å². The molecular weight excluding hydrogens is 240 g/mol. The summed E-state index contributed by atoms with van der Waals surface area (Å²) in [6.45, 7) is 7.32. The highest BCUT2D eigenvalue weighted by Crippen LogP contribution is 2.17. The number of piperidine rings is 1. The van der Waals surface area contributed by atoms with Crippen molar-refractivity contribution in [1.82, 2.24) is 14.9 Å². The largest absolute Gasteiger partial charge is 0.349 e. The molecule has 2 heterocycles. The van der Waals surface area contributed by atoms with Crippen LogP contribution in [0, 0.1) is 5.92 Å². The average molecular weight is 264 g/mol. The Kier molecular flexibility index (Phi) is 4.58. The summed E-state index contributed by atoms with van der Waals surface area (Å²) in [6.07, 6.45) is 5.76. The van der Waals surface area contributed by atoms with E-state index < -0.39 is 0 Å². The molecule has 1 aliphatic heterocycles. The Morgan fingerprint density at radius 3 is 2.79 bits per heavy atom. The van der Waals surface area contributed by atoms with Gasteiger partial charge in [0.1, 0.15) is 0 Å². The van der Waals surface area contributed by atoms with Gasteiger partial charge in [-0.25, -0.2) is 4.98 Å². The standard InChI is InChI=1S/C14H24N4O/c1-11(2)18(10-12-4-6-15-7-5-12)13-14(19)17(3)9-8-16-13/h8-9,11-12,15H,4-7,10H2,1-3H3. The molecule has 0 amide bonds. The molecule has 1 saturated heterocycles. The van der Waals surface area contributed by atoms with E-state index in [1.165, 1.54) is 12.8 Å². The van der Waals surface area contributed by atoms with Gasteiger partial charge in [0.25, 0.3) is 5.56 Å². The van der Waals surface area contributed by atoms with Crippen LogP contribution >= 0.6 is 0 Å². The number of aryl methyl sites for hydroxylation is 1. The molecule has 0 bridgehead atoms. The molecule has 1 aliphatic rings. The van der Waals surface area contributed by atoms with Crippen molar-refractivity contribution in [2.45, 2.75) is 32.7 Å². The molecule has 106 valence electrons. The second-order valence-corrected chi connectivity index (χ2v) is 5.61. The molecule has 1 fully saturated rings. The molecule has 5 heteroatoms. The monoisotopic (exact) mass is 264 g/mol. The molecule has 0 unspecified atom stereocenters. The molecule has 1 N–H and O–H groups in total. The van der Waals surface area contributed by atoms with Crippen molar-refractivity contribution in [3.63, 3.8) is 0 Å². The molecule has 5 nitrogen and oxygen atoms in total. The first-order valence-corrected chi connectivity index (χ1v) is 7.08. The molecule has 0 aliphatic carbocycles. The summed E-state index contributed by atoms with van der Waals surface area (Å²) in [7, 11) is 1.77. The molecule has 19 heavy (non-hydrogen) atoms. The maximum Gasteiger partial charge on any atom is 0.293 e. The highest BCUT2D eigenvalue weighted by Gasteiger charge is 2.22. The predicted octanol–water partition coefficient (Wildman–Crippen LogP) is 0.995. The minimum absolute atomic E-state index is 0.00913. The van der Waals surface area contributed by atoms with Crippen LogP contribution in [0.25, 0.3) is 0 Å². The van der Waals surface area contributed by atoms with E-state index in [1.807, 2.05) is 0 Å². The summed E-state index contributed by atoms with van der Waals surface area (Å²) < 4.78 is 1.60. The van der Waals surface area contributed by atoms with Crippen molar-refractivity contribution in [2.24, 2.45) is 13.0 Å². The van der Waals surface area contributed by atoms with Crippen molar-refractivity contribution < 1.29 is 0 Å². The topological polar surface area (TPSA) is 50.2 Å². The lowest BCUT2D eigenvalue weighted by molar-refractivity contribution is 0.366. The molecule has 0 aromatic carbocycles. The third kappa shape index (κ3) is 3.35. The summed E-state index contributed by atoms with van der Waals surface area (Å²) in [5.41, 5.74) is -0.00913. The number of nitrogens with one attached hydrogen (secondary N) is 1. The maximum absolute atomic E-state index is 12.2. The van der Waals surface area contributed by atoms with Gasteiger partial charge in [0.05, 0.1) is 0 Å². The molecule has 1 aromatic heterocycles. The first-order chi connectivity index (χ1) is 9.09. The Hall–Kier alpha value is -1.36. The summed E-state index contributed by atoms with van der Waals surface area (Å²) >= 11 is 0. The van der Waals surface area contributed by atoms with Crippen molar-refractivity contribution in [3.05, 3.63) is 22.7 Å². The van der Waals surface area contributed by atoms with Gasteiger partial charge in [-0.05, 0) is 45.7 Å². The zero-order valence-corrected chi connectivity index (χ0v) is 12.1. The Balaban J connectivity index is 2.19. The number of aromatic nitrogens is 2. The van der Waals surface area contributed by atoms with Crippen LogP contribution < -0.4 is 15.8 Å². The van der Waals surface area contributed by atoms with E-state index in [0.717, 1.165) is 19.6 Å². The summed E-state index contributed by atoms with van der Waals surface area (Å²) in [6, 6.07) is 0.289. The molecule has 0 saturated carbocycles. The van der Waals surface area contributed by atoms with Gasteiger partial charge >= 0.3 is 0 Å². The lowest BCUT2D eigenvalue weighted by atomic mass is 9.97. The quantitative estimate of drug-likeness (QED) is 0.881. The lowest BCUT2D eigenvalue weighted by Crippen LogP contribution is -2.43. The van der Waals surface area contributed by atoms with Crippen molar-refractivity contribution in [2.75, 3.05) is 24.5 Å². The lowest BCUT2D eigenvalue weighted by Gasteiger charge is -2.33. The molecule has 2 rings (SSSR count). The molecular formula is C14H24N4O. The van der Waals surface area contributed by atoms with Gasteiger partial charge in [-0.2, -0.15) is 0 Å². The second-order valence-electron chi connectivity index (χ2n) is 5.61. The zero-order valence-electron chi connectivity index (χ0n) is 12.1. The van der Waals surface area contributed by atoms with Crippen LogP contribution in [0.1, 0.15) is 26.7 Å². The van der Waals surface area contributed by atoms with Crippen LogP contribution in [0.4, 0.5) is 5.82 Å². The van der Waals surface area contributed by atoms with E-state index in [4.69, 9.17) is 0 Å². The minimum Gasteiger partial charge on any atom is -0.349 e. The Bertz CT molecular complexity index is 463. The zero-order chi connectivity index (χ0) is 13.8. The fraction of sp³-hybridized carbons (Fsp3) is 0.714. The fourth-order valence-corrected chi connectivity index (χ4v) is 2.57. The van der Waals surface area contributed by atoms with Gasteiger partial charge in [-0.15, -0.1) is 0 Å². The normalized spacial score (nSPS) is 16.8. The van der Waals surface area contributed by atoms with E-state index in [0.29, 0.717) is 11.7 Å².